The topological polar surface area (TPSA) is 38.9 Å². The molecule has 0 amide bonds. The highest BCUT2D eigenvalue weighted by atomic mass is 35.5. The molecule has 2 nitrogen and oxygen atoms in total. The predicted molar refractivity (Wildman–Crippen MR) is 49.7 cm³/mol. The van der Waals surface area contributed by atoms with E-state index in [2.05, 4.69) is 4.98 Å². The van der Waals surface area contributed by atoms with Gasteiger partial charge in [0.2, 0.25) is 0 Å². The van der Waals surface area contributed by atoms with Crippen LogP contribution < -0.4 is 5.73 Å². The van der Waals surface area contributed by atoms with Crippen molar-refractivity contribution in [2.45, 2.75) is 6.42 Å². The Morgan fingerprint density at radius 2 is 2.36 bits per heavy atom. The highest BCUT2D eigenvalue weighted by Gasteiger charge is 1.94. The largest absolute Gasteiger partial charge is 0.393 e. The van der Waals surface area contributed by atoms with Gasteiger partial charge < -0.3 is 5.73 Å². The van der Waals surface area contributed by atoms with Crippen LogP contribution in [0.25, 0.3) is 0 Å². The third kappa shape index (κ3) is 2.82. The molecule has 58 valence electrons. The summed E-state index contributed by atoms with van der Waals surface area (Å²) in [5, 5.41) is 0.483. The van der Waals surface area contributed by atoms with Crippen molar-refractivity contribution in [3.05, 3.63) is 29.0 Å². The number of nitrogens with zero attached hydrogens (tertiary/aromatic N) is 1. The van der Waals surface area contributed by atoms with Crippen molar-refractivity contribution in [1.29, 1.82) is 0 Å². The van der Waals surface area contributed by atoms with E-state index < -0.39 is 0 Å². The van der Waals surface area contributed by atoms with Gasteiger partial charge in [-0.3, -0.25) is 0 Å². The molecule has 1 rings (SSSR count). The molecule has 0 atom stereocenters. The van der Waals surface area contributed by atoms with Gasteiger partial charge in [0.15, 0.2) is 0 Å². The van der Waals surface area contributed by atoms with E-state index in [4.69, 9.17) is 29.6 Å². The summed E-state index contributed by atoms with van der Waals surface area (Å²) in [6.45, 7) is 0. The van der Waals surface area contributed by atoms with Crippen LogP contribution >= 0.6 is 23.8 Å². The number of nitrogens with two attached hydrogens (primary N) is 1. The molecule has 0 bridgehead atoms. The van der Waals surface area contributed by atoms with Crippen LogP contribution in [0, 0.1) is 0 Å². The third-order valence-electron chi connectivity index (χ3n) is 1.17. The molecule has 1 aromatic heterocycles. The lowest BCUT2D eigenvalue weighted by Crippen LogP contribution is -2.10. The van der Waals surface area contributed by atoms with Gasteiger partial charge in [0.1, 0.15) is 5.15 Å². The van der Waals surface area contributed by atoms with Crippen LogP contribution in [-0.4, -0.2) is 9.97 Å². The molecule has 0 aliphatic heterocycles. The summed E-state index contributed by atoms with van der Waals surface area (Å²) in [5.41, 5.74) is 6.32. The molecule has 0 fully saturated rings. The summed E-state index contributed by atoms with van der Waals surface area (Å²) >= 11 is 10.3. The standard InChI is InChI=1S/C7H7ClN2S/c8-6-2-1-5(4-10-6)3-7(9)11/h1-2,4H,3H2,(H2,9,11). The van der Waals surface area contributed by atoms with E-state index in [0.29, 0.717) is 16.6 Å². The Labute approximate surface area is 75.4 Å². The fourth-order valence-corrected chi connectivity index (χ4v) is 0.991. The molecule has 0 aliphatic rings. The van der Waals surface area contributed by atoms with E-state index in [1.54, 1.807) is 12.3 Å². The lowest BCUT2D eigenvalue weighted by Gasteiger charge is -1.97. The molecule has 11 heavy (non-hydrogen) atoms. The first-order valence-electron chi connectivity index (χ1n) is 3.07. The maximum absolute atomic E-state index is 5.57. The van der Waals surface area contributed by atoms with Crippen molar-refractivity contribution >= 4 is 28.8 Å². The predicted octanol–water partition coefficient (Wildman–Crippen LogP) is 1.56. The highest BCUT2D eigenvalue weighted by molar-refractivity contribution is 7.80. The summed E-state index contributed by atoms with van der Waals surface area (Å²) < 4.78 is 0. The smallest absolute Gasteiger partial charge is 0.129 e. The average molecular weight is 187 g/mol. The van der Waals surface area contributed by atoms with Gasteiger partial charge in [-0.05, 0) is 11.6 Å². The van der Waals surface area contributed by atoms with E-state index >= 15 is 0 Å². The van der Waals surface area contributed by atoms with E-state index in [0.717, 1.165) is 5.56 Å². The molecule has 0 spiro atoms. The molecule has 4 heteroatoms. The van der Waals surface area contributed by atoms with E-state index in [1.165, 1.54) is 0 Å². The molecule has 2 N–H and O–H groups in total. The third-order valence-corrected chi connectivity index (χ3v) is 1.53. The van der Waals surface area contributed by atoms with Crippen LogP contribution in [0.3, 0.4) is 0 Å². The van der Waals surface area contributed by atoms with Crippen molar-refractivity contribution in [3.8, 4) is 0 Å². The second-order valence-corrected chi connectivity index (χ2v) is 3.04. The van der Waals surface area contributed by atoms with Crippen LogP contribution in [-0.2, 0) is 6.42 Å². The minimum atomic E-state index is 0.467. The van der Waals surface area contributed by atoms with Gasteiger partial charge in [-0.15, -0.1) is 0 Å². The lowest BCUT2D eigenvalue weighted by molar-refractivity contribution is 1.22. The quantitative estimate of drug-likeness (QED) is 0.563. The zero-order valence-corrected chi connectivity index (χ0v) is 7.32. The van der Waals surface area contributed by atoms with Gasteiger partial charge in [-0.2, -0.15) is 0 Å². The van der Waals surface area contributed by atoms with Crippen LogP contribution in [0.1, 0.15) is 5.56 Å². The summed E-state index contributed by atoms with van der Waals surface area (Å²) in [4.78, 5) is 4.35. The number of halogens is 1. The number of hydrogen-bond acceptors (Lipinski definition) is 2. The van der Waals surface area contributed by atoms with Crippen molar-refractivity contribution in [3.63, 3.8) is 0 Å². The second kappa shape index (κ2) is 3.64. The zero-order chi connectivity index (χ0) is 8.27. The number of aromatic nitrogens is 1. The SMILES string of the molecule is NC(=S)Cc1ccc(Cl)nc1. The van der Waals surface area contributed by atoms with E-state index in [-0.39, 0.29) is 0 Å². The fourth-order valence-electron chi connectivity index (χ4n) is 0.712. The van der Waals surface area contributed by atoms with E-state index in [9.17, 15) is 0 Å². The van der Waals surface area contributed by atoms with Gasteiger partial charge in [-0.1, -0.05) is 29.9 Å². The Bertz CT molecular complexity index is 258. The van der Waals surface area contributed by atoms with Crippen LogP contribution in [0.5, 0.6) is 0 Å². The minimum Gasteiger partial charge on any atom is -0.393 e. The monoisotopic (exact) mass is 186 g/mol. The maximum atomic E-state index is 5.57. The molecular formula is C7H7ClN2S. The van der Waals surface area contributed by atoms with Crippen molar-refractivity contribution in [1.82, 2.24) is 4.98 Å². The summed E-state index contributed by atoms with van der Waals surface area (Å²) in [5.74, 6) is 0. The normalized spacial score (nSPS) is 9.55. The highest BCUT2D eigenvalue weighted by Crippen LogP contribution is 2.05. The Morgan fingerprint density at radius 1 is 1.64 bits per heavy atom. The van der Waals surface area contributed by atoms with Crippen molar-refractivity contribution < 1.29 is 0 Å². The van der Waals surface area contributed by atoms with Crippen LogP contribution in [0.15, 0.2) is 18.3 Å². The molecule has 0 saturated heterocycles. The van der Waals surface area contributed by atoms with Gasteiger partial charge in [-0.25, -0.2) is 4.98 Å². The maximum Gasteiger partial charge on any atom is 0.129 e. The Hall–Kier alpha value is -0.670. The first-order valence-corrected chi connectivity index (χ1v) is 3.86. The molecular weight excluding hydrogens is 180 g/mol. The molecule has 1 aromatic rings. The Balaban J connectivity index is 2.74. The van der Waals surface area contributed by atoms with Crippen molar-refractivity contribution in [2.75, 3.05) is 0 Å². The average Bonchev–Trinajstić information content (AvgIpc) is 1.93. The lowest BCUT2D eigenvalue weighted by atomic mass is 10.2. The van der Waals surface area contributed by atoms with Crippen LogP contribution in [0.2, 0.25) is 5.15 Å². The molecule has 0 aliphatic carbocycles. The van der Waals surface area contributed by atoms with Crippen molar-refractivity contribution in [2.24, 2.45) is 5.73 Å². The van der Waals surface area contributed by atoms with Gasteiger partial charge in [0.05, 0.1) is 4.99 Å². The minimum absolute atomic E-state index is 0.467. The van der Waals surface area contributed by atoms with Crippen LogP contribution in [0.4, 0.5) is 0 Å². The molecule has 0 radical (unpaired) electrons. The summed E-state index contributed by atoms with van der Waals surface area (Å²) in [7, 11) is 0. The zero-order valence-electron chi connectivity index (χ0n) is 5.75. The molecule has 1 heterocycles. The van der Waals surface area contributed by atoms with Gasteiger partial charge in [0.25, 0.3) is 0 Å². The Kier molecular flexibility index (Phi) is 2.79. The van der Waals surface area contributed by atoms with E-state index in [1.807, 2.05) is 6.07 Å². The van der Waals surface area contributed by atoms with Gasteiger partial charge >= 0.3 is 0 Å². The number of rotatable bonds is 2. The fraction of sp³-hybridized carbons (Fsp3) is 0.143. The number of thiocarbonyl (C=S) groups is 1. The molecule has 0 aromatic carbocycles. The Morgan fingerprint density at radius 3 is 2.82 bits per heavy atom. The summed E-state index contributed by atoms with van der Waals surface area (Å²) in [6.07, 6.45) is 2.25. The number of pyridine rings is 1. The summed E-state index contributed by atoms with van der Waals surface area (Å²) in [6, 6.07) is 3.57. The number of hydrogen-bond donors (Lipinski definition) is 1. The second-order valence-electron chi connectivity index (χ2n) is 2.13. The molecule has 0 saturated carbocycles. The molecule has 0 unspecified atom stereocenters. The van der Waals surface area contributed by atoms with Gasteiger partial charge in [0, 0.05) is 12.6 Å². The first-order chi connectivity index (χ1) is 5.18. The first kappa shape index (κ1) is 8.43.